The monoisotopic (exact) mass is 234 g/mol. The van der Waals surface area contributed by atoms with Gasteiger partial charge in [-0.3, -0.25) is 4.79 Å². The molecule has 0 saturated heterocycles. The normalized spacial score (nSPS) is 9.94. The average molecular weight is 234 g/mol. The molecule has 0 bridgehead atoms. The van der Waals surface area contributed by atoms with Crippen LogP contribution in [0.15, 0.2) is 35.1 Å². The predicted octanol–water partition coefficient (Wildman–Crippen LogP) is 1.64. The lowest BCUT2D eigenvalue weighted by Crippen LogP contribution is -2.11. The lowest BCUT2D eigenvalue weighted by atomic mass is 10.2. The van der Waals surface area contributed by atoms with Crippen LogP contribution in [-0.2, 0) is 0 Å². The number of amides is 1. The largest absolute Gasteiger partial charge is 0.504 e. The highest BCUT2D eigenvalue weighted by atomic mass is 16.5. The zero-order valence-electron chi connectivity index (χ0n) is 9.01. The van der Waals surface area contributed by atoms with Crippen LogP contribution in [0.1, 0.15) is 10.4 Å². The molecule has 2 aromatic rings. The number of nitrogens with one attached hydrogen (secondary N) is 1. The molecular formula is C11H10N2O4. The fourth-order valence-electron chi connectivity index (χ4n) is 1.30. The average Bonchev–Trinajstić information content (AvgIpc) is 2.81. The molecule has 6 nitrogen and oxygen atoms in total. The summed E-state index contributed by atoms with van der Waals surface area (Å²) in [5.41, 5.74) is 0.298. The van der Waals surface area contributed by atoms with Crippen molar-refractivity contribution in [3.63, 3.8) is 0 Å². The van der Waals surface area contributed by atoms with Gasteiger partial charge in [0.05, 0.1) is 7.11 Å². The van der Waals surface area contributed by atoms with E-state index >= 15 is 0 Å². The van der Waals surface area contributed by atoms with E-state index in [9.17, 15) is 9.90 Å². The van der Waals surface area contributed by atoms with Crippen molar-refractivity contribution in [2.75, 3.05) is 12.4 Å². The van der Waals surface area contributed by atoms with E-state index in [-0.39, 0.29) is 5.75 Å². The van der Waals surface area contributed by atoms with E-state index in [2.05, 4.69) is 15.0 Å². The van der Waals surface area contributed by atoms with E-state index in [0.29, 0.717) is 17.1 Å². The molecule has 0 spiro atoms. The SMILES string of the molecule is COc1ccc(C(=O)Nc2ccon2)cc1O. The number of nitrogens with zero attached hydrogens (tertiary/aromatic N) is 1. The van der Waals surface area contributed by atoms with E-state index in [4.69, 9.17) is 4.74 Å². The molecule has 0 saturated carbocycles. The van der Waals surface area contributed by atoms with Crippen LogP contribution in [0.2, 0.25) is 0 Å². The summed E-state index contributed by atoms with van der Waals surface area (Å²) in [6.45, 7) is 0. The maximum Gasteiger partial charge on any atom is 0.257 e. The van der Waals surface area contributed by atoms with Crippen LogP contribution in [0.4, 0.5) is 5.82 Å². The van der Waals surface area contributed by atoms with Crippen LogP contribution >= 0.6 is 0 Å². The summed E-state index contributed by atoms with van der Waals surface area (Å²) < 4.78 is 9.45. The molecule has 1 aromatic heterocycles. The van der Waals surface area contributed by atoms with Crippen molar-refractivity contribution in [2.45, 2.75) is 0 Å². The molecule has 0 aliphatic rings. The van der Waals surface area contributed by atoms with Crippen molar-refractivity contribution < 1.29 is 19.2 Å². The number of anilines is 1. The molecule has 2 rings (SSSR count). The maximum absolute atomic E-state index is 11.7. The third-order valence-electron chi connectivity index (χ3n) is 2.12. The minimum Gasteiger partial charge on any atom is -0.504 e. The third-order valence-corrected chi connectivity index (χ3v) is 2.12. The van der Waals surface area contributed by atoms with Crippen LogP contribution in [-0.4, -0.2) is 23.3 Å². The number of phenols is 1. The number of carbonyl (C=O) groups excluding carboxylic acids is 1. The number of hydrogen-bond donors (Lipinski definition) is 2. The molecule has 0 fully saturated rings. The number of methoxy groups -OCH3 is 1. The molecule has 1 amide bonds. The van der Waals surface area contributed by atoms with Crippen molar-refractivity contribution in [1.82, 2.24) is 5.16 Å². The van der Waals surface area contributed by atoms with Gasteiger partial charge in [0.25, 0.3) is 5.91 Å². The molecule has 17 heavy (non-hydrogen) atoms. The second-order valence-electron chi connectivity index (χ2n) is 3.23. The zero-order valence-corrected chi connectivity index (χ0v) is 9.01. The summed E-state index contributed by atoms with van der Waals surface area (Å²) in [7, 11) is 1.43. The van der Waals surface area contributed by atoms with Crippen LogP contribution in [0.3, 0.4) is 0 Å². The van der Waals surface area contributed by atoms with Crippen molar-refractivity contribution in [3.8, 4) is 11.5 Å². The minimum absolute atomic E-state index is 0.0969. The predicted molar refractivity (Wildman–Crippen MR) is 59.1 cm³/mol. The first kappa shape index (κ1) is 11.0. The van der Waals surface area contributed by atoms with Gasteiger partial charge in [-0.1, -0.05) is 5.16 Å². The van der Waals surface area contributed by atoms with Crippen molar-refractivity contribution in [3.05, 3.63) is 36.1 Å². The van der Waals surface area contributed by atoms with Gasteiger partial charge in [-0.2, -0.15) is 0 Å². The summed E-state index contributed by atoms with van der Waals surface area (Å²) in [5, 5.41) is 15.6. The number of rotatable bonds is 3. The molecule has 0 radical (unpaired) electrons. The molecule has 0 aliphatic carbocycles. The Labute approximate surface area is 96.8 Å². The molecule has 6 heteroatoms. The first-order chi connectivity index (χ1) is 8.20. The molecule has 0 unspecified atom stereocenters. The quantitative estimate of drug-likeness (QED) is 0.843. The fourth-order valence-corrected chi connectivity index (χ4v) is 1.30. The molecule has 1 heterocycles. The topological polar surface area (TPSA) is 84.6 Å². The first-order valence-corrected chi connectivity index (χ1v) is 4.79. The van der Waals surface area contributed by atoms with Crippen LogP contribution in [0.25, 0.3) is 0 Å². The Hall–Kier alpha value is -2.50. The van der Waals surface area contributed by atoms with Gasteiger partial charge in [0.15, 0.2) is 17.3 Å². The Morgan fingerprint density at radius 3 is 2.88 bits per heavy atom. The van der Waals surface area contributed by atoms with E-state index in [1.54, 1.807) is 0 Å². The van der Waals surface area contributed by atoms with Crippen LogP contribution in [0.5, 0.6) is 11.5 Å². The molecule has 2 N–H and O–H groups in total. The van der Waals surface area contributed by atoms with Crippen molar-refractivity contribution in [1.29, 1.82) is 0 Å². The highest BCUT2D eigenvalue weighted by Crippen LogP contribution is 2.26. The van der Waals surface area contributed by atoms with Gasteiger partial charge < -0.3 is 19.7 Å². The summed E-state index contributed by atoms with van der Waals surface area (Å²) in [6, 6.07) is 5.87. The lowest BCUT2D eigenvalue weighted by Gasteiger charge is -2.05. The Balaban J connectivity index is 2.17. The van der Waals surface area contributed by atoms with Gasteiger partial charge in [-0.05, 0) is 18.2 Å². The zero-order chi connectivity index (χ0) is 12.3. The summed E-state index contributed by atoms with van der Waals surface area (Å²) in [4.78, 5) is 11.7. The molecule has 1 aromatic carbocycles. The third kappa shape index (κ3) is 2.36. The fraction of sp³-hybridized carbons (Fsp3) is 0.0909. The van der Waals surface area contributed by atoms with Crippen molar-refractivity contribution >= 4 is 11.7 Å². The Kier molecular flexibility index (Phi) is 2.95. The summed E-state index contributed by atoms with van der Waals surface area (Å²) in [6.07, 6.45) is 1.35. The van der Waals surface area contributed by atoms with Crippen molar-refractivity contribution in [2.24, 2.45) is 0 Å². The number of carbonyl (C=O) groups is 1. The summed E-state index contributed by atoms with van der Waals surface area (Å²) >= 11 is 0. The van der Waals surface area contributed by atoms with E-state index < -0.39 is 5.91 Å². The number of aromatic hydroxyl groups is 1. The van der Waals surface area contributed by atoms with Gasteiger partial charge in [0, 0.05) is 11.6 Å². The maximum atomic E-state index is 11.7. The van der Waals surface area contributed by atoms with Crippen LogP contribution < -0.4 is 10.1 Å². The number of benzene rings is 1. The second kappa shape index (κ2) is 4.56. The van der Waals surface area contributed by atoms with Gasteiger partial charge in [-0.15, -0.1) is 0 Å². The first-order valence-electron chi connectivity index (χ1n) is 4.79. The highest BCUT2D eigenvalue weighted by Gasteiger charge is 2.10. The smallest absolute Gasteiger partial charge is 0.257 e. The van der Waals surface area contributed by atoms with E-state index in [1.165, 1.54) is 37.6 Å². The van der Waals surface area contributed by atoms with Crippen LogP contribution in [0, 0.1) is 0 Å². The molecular weight excluding hydrogens is 224 g/mol. The number of hydrogen-bond acceptors (Lipinski definition) is 5. The lowest BCUT2D eigenvalue weighted by molar-refractivity contribution is 0.102. The van der Waals surface area contributed by atoms with E-state index in [1.807, 2.05) is 0 Å². The molecule has 88 valence electrons. The number of phenolic OH excluding ortho intramolecular Hbond substituents is 1. The number of aromatic nitrogens is 1. The standard InChI is InChI=1S/C11H10N2O4/c1-16-9-3-2-7(6-8(9)14)11(15)12-10-4-5-17-13-10/h2-6,14H,1H3,(H,12,13,15). The number of ether oxygens (including phenoxy) is 1. The molecule has 0 atom stereocenters. The minimum atomic E-state index is -0.392. The second-order valence-corrected chi connectivity index (χ2v) is 3.23. The van der Waals surface area contributed by atoms with Gasteiger partial charge in [0.1, 0.15) is 6.26 Å². The Morgan fingerprint density at radius 1 is 1.47 bits per heavy atom. The van der Waals surface area contributed by atoms with Gasteiger partial charge >= 0.3 is 0 Å². The molecule has 0 aliphatic heterocycles. The van der Waals surface area contributed by atoms with Gasteiger partial charge in [0.2, 0.25) is 0 Å². The Bertz CT molecular complexity index is 522. The summed E-state index contributed by atoms with van der Waals surface area (Å²) in [5.74, 6) is 0.130. The highest BCUT2D eigenvalue weighted by molar-refractivity contribution is 6.04. The Morgan fingerprint density at radius 2 is 2.29 bits per heavy atom. The van der Waals surface area contributed by atoms with Gasteiger partial charge in [-0.25, -0.2) is 0 Å². The van der Waals surface area contributed by atoms with E-state index in [0.717, 1.165) is 0 Å².